The number of hydrogen-bond donors (Lipinski definition) is 2. The normalized spacial score (nSPS) is 13.2. The minimum atomic E-state index is -4.39. The molecule has 0 rings (SSSR count). The first-order chi connectivity index (χ1) is 36.3. The number of esters is 2. The van der Waals surface area contributed by atoms with Gasteiger partial charge in [-0.15, -0.1) is 0 Å². The topological polar surface area (TPSA) is 134 Å². The number of unbranched alkanes of at least 4 members (excludes halogenated alkanes) is 42. The van der Waals surface area contributed by atoms with E-state index in [1.54, 1.807) is 0 Å². The Morgan fingerprint density at radius 1 is 0.405 bits per heavy atom. The summed E-state index contributed by atoms with van der Waals surface area (Å²) < 4.78 is 33.1. The van der Waals surface area contributed by atoms with E-state index in [1.165, 1.54) is 250 Å². The number of rotatable bonds is 61. The van der Waals surface area contributed by atoms with E-state index in [1.807, 2.05) is 0 Å². The van der Waals surface area contributed by atoms with Crippen LogP contribution in [0.4, 0.5) is 0 Å². The third kappa shape index (κ3) is 59.5. The molecule has 0 heterocycles. The summed E-state index contributed by atoms with van der Waals surface area (Å²) in [6.45, 7) is 3.80. The summed E-state index contributed by atoms with van der Waals surface area (Å²) >= 11 is 0. The van der Waals surface area contributed by atoms with Gasteiger partial charge in [-0.3, -0.25) is 18.6 Å². The molecule has 0 amide bonds. The molecule has 0 radical (unpaired) electrons. The van der Waals surface area contributed by atoms with Crippen LogP contribution in [0.3, 0.4) is 0 Å². The van der Waals surface area contributed by atoms with Gasteiger partial charge in [-0.05, 0) is 51.4 Å². The lowest BCUT2D eigenvalue weighted by Crippen LogP contribution is -2.29. The third-order valence-electron chi connectivity index (χ3n) is 14.3. The van der Waals surface area contributed by atoms with Gasteiger partial charge in [-0.1, -0.05) is 301 Å². The molecule has 2 unspecified atom stereocenters. The molecule has 0 aromatic carbocycles. The zero-order valence-electron chi connectivity index (χ0n) is 48.8. The molecule has 3 N–H and O–H groups in total. The Bertz CT molecular complexity index is 1310. The van der Waals surface area contributed by atoms with E-state index in [4.69, 9.17) is 24.3 Å². The molecule has 0 fully saturated rings. The fourth-order valence-corrected chi connectivity index (χ4v) is 10.3. The largest absolute Gasteiger partial charge is 0.472 e. The molecule has 0 aliphatic rings. The Labute approximate surface area is 458 Å². The second kappa shape index (κ2) is 60.5. The van der Waals surface area contributed by atoms with Gasteiger partial charge in [-0.25, -0.2) is 4.57 Å². The molecule has 436 valence electrons. The van der Waals surface area contributed by atoms with Crippen molar-refractivity contribution >= 4 is 19.8 Å². The zero-order chi connectivity index (χ0) is 53.8. The van der Waals surface area contributed by atoms with Gasteiger partial charge in [0.25, 0.3) is 0 Å². The van der Waals surface area contributed by atoms with Crippen molar-refractivity contribution in [2.24, 2.45) is 5.73 Å². The smallest absolute Gasteiger partial charge is 0.462 e. The van der Waals surface area contributed by atoms with Crippen LogP contribution >= 0.6 is 7.82 Å². The summed E-state index contributed by atoms with van der Waals surface area (Å²) in [5, 5.41) is 0. The van der Waals surface area contributed by atoms with Gasteiger partial charge in [0.2, 0.25) is 0 Å². The first-order valence-corrected chi connectivity index (χ1v) is 33.5. The maximum absolute atomic E-state index is 12.7. The van der Waals surface area contributed by atoms with Crippen LogP contribution in [0.5, 0.6) is 0 Å². The molecule has 0 aliphatic heterocycles. The number of phosphoric acid groups is 1. The second-order valence-corrected chi connectivity index (χ2v) is 23.1. The van der Waals surface area contributed by atoms with Crippen LogP contribution in [0, 0.1) is 0 Å². The predicted octanol–water partition coefficient (Wildman–Crippen LogP) is 20.4. The minimum Gasteiger partial charge on any atom is -0.462 e. The number of allylic oxidation sites excluding steroid dienone is 6. The van der Waals surface area contributed by atoms with Crippen molar-refractivity contribution in [3.8, 4) is 0 Å². The highest BCUT2D eigenvalue weighted by Crippen LogP contribution is 2.43. The van der Waals surface area contributed by atoms with Crippen molar-refractivity contribution in [2.75, 3.05) is 26.4 Å². The summed E-state index contributed by atoms with van der Waals surface area (Å²) in [4.78, 5) is 35.3. The van der Waals surface area contributed by atoms with Crippen LogP contribution in [-0.4, -0.2) is 49.3 Å². The molecule has 74 heavy (non-hydrogen) atoms. The first kappa shape index (κ1) is 72.2. The number of phosphoric ester groups is 1. The molecule has 0 aliphatic carbocycles. The zero-order valence-corrected chi connectivity index (χ0v) is 49.7. The number of hydrogen-bond acceptors (Lipinski definition) is 8. The van der Waals surface area contributed by atoms with E-state index in [-0.39, 0.29) is 38.6 Å². The lowest BCUT2D eigenvalue weighted by molar-refractivity contribution is -0.161. The van der Waals surface area contributed by atoms with Crippen molar-refractivity contribution in [1.82, 2.24) is 0 Å². The molecule has 0 spiro atoms. The van der Waals surface area contributed by atoms with Crippen LogP contribution in [0.25, 0.3) is 0 Å². The SMILES string of the molecule is CCCCCCC/C=C\C/C=C\C/C=C\CCCCCCCCCCCCCCCCCCC(=O)OC(COC(=O)CCCCCCCCCCCCCCCCCCCCCCCC)COP(=O)(O)OCCN. The van der Waals surface area contributed by atoms with Gasteiger partial charge >= 0.3 is 19.8 Å². The maximum atomic E-state index is 12.7. The summed E-state index contributed by atoms with van der Waals surface area (Å²) in [5.74, 6) is -0.808. The molecule has 0 saturated carbocycles. The van der Waals surface area contributed by atoms with Crippen molar-refractivity contribution < 1.29 is 37.6 Å². The lowest BCUT2D eigenvalue weighted by atomic mass is 10.0. The molecule has 10 heteroatoms. The van der Waals surface area contributed by atoms with E-state index >= 15 is 0 Å². The lowest BCUT2D eigenvalue weighted by Gasteiger charge is -2.19. The summed E-state index contributed by atoms with van der Waals surface area (Å²) in [5.41, 5.74) is 5.39. The third-order valence-corrected chi connectivity index (χ3v) is 15.3. The molecular weight excluding hydrogens is 942 g/mol. The molecule has 0 aromatic rings. The molecule has 2 atom stereocenters. The summed E-state index contributed by atoms with van der Waals surface area (Å²) in [6.07, 6.45) is 73.6. The highest BCUT2D eigenvalue weighted by molar-refractivity contribution is 7.47. The van der Waals surface area contributed by atoms with Crippen LogP contribution < -0.4 is 5.73 Å². The van der Waals surface area contributed by atoms with Gasteiger partial charge < -0.3 is 20.1 Å². The van der Waals surface area contributed by atoms with Crippen LogP contribution in [0.15, 0.2) is 36.5 Å². The van der Waals surface area contributed by atoms with E-state index in [0.717, 1.165) is 44.9 Å². The quantitative estimate of drug-likeness (QED) is 0.0264. The molecule has 0 bridgehead atoms. The average Bonchev–Trinajstić information content (AvgIpc) is 3.39. The molecule has 0 saturated heterocycles. The molecular formula is C64H122NO8P. The van der Waals surface area contributed by atoms with Crippen LogP contribution in [0.1, 0.15) is 328 Å². The van der Waals surface area contributed by atoms with Gasteiger partial charge in [0.15, 0.2) is 6.10 Å². The molecule has 0 aromatic heterocycles. The fraction of sp³-hybridized carbons (Fsp3) is 0.875. The van der Waals surface area contributed by atoms with Crippen molar-refractivity contribution in [3.63, 3.8) is 0 Å². The standard InChI is InChI=1S/C64H122NO8P/c1-3-5-7-9-11-13-15-17-19-21-23-25-27-28-29-30-31-32-33-34-35-37-39-41-43-45-47-49-51-53-55-57-64(67)73-62(61-72-74(68,69)71-59-58-65)60-70-63(66)56-54-52-50-48-46-44-42-40-38-36-26-24-22-20-18-16-14-12-10-8-6-4-2/h15,17,21,23,27-28,62H,3-14,16,18-20,22,24-26,29-61,65H2,1-2H3,(H,68,69)/b17-15-,23-21-,28-27-. The van der Waals surface area contributed by atoms with Gasteiger partial charge in [0.05, 0.1) is 13.2 Å². The van der Waals surface area contributed by atoms with Gasteiger partial charge in [0, 0.05) is 19.4 Å². The first-order valence-electron chi connectivity index (χ1n) is 32.0. The Morgan fingerprint density at radius 3 is 1.04 bits per heavy atom. The Morgan fingerprint density at radius 2 is 0.703 bits per heavy atom. The highest BCUT2D eigenvalue weighted by atomic mass is 31.2. The number of nitrogens with two attached hydrogens (primary N) is 1. The Kier molecular flexibility index (Phi) is 59.0. The predicted molar refractivity (Wildman–Crippen MR) is 317 cm³/mol. The monoisotopic (exact) mass is 1060 g/mol. The summed E-state index contributed by atoms with van der Waals surface area (Å²) in [6, 6.07) is 0. The number of ether oxygens (including phenoxy) is 2. The number of carbonyl (C=O) groups excluding carboxylic acids is 2. The minimum absolute atomic E-state index is 0.0557. The maximum Gasteiger partial charge on any atom is 0.472 e. The highest BCUT2D eigenvalue weighted by Gasteiger charge is 2.26. The van der Waals surface area contributed by atoms with Crippen molar-refractivity contribution in [2.45, 2.75) is 335 Å². The van der Waals surface area contributed by atoms with Gasteiger partial charge in [0.1, 0.15) is 6.61 Å². The Balaban J connectivity index is 3.88. The number of carbonyl (C=O) groups is 2. The van der Waals surface area contributed by atoms with Crippen molar-refractivity contribution in [3.05, 3.63) is 36.5 Å². The second-order valence-electron chi connectivity index (χ2n) is 21.6. The average molecular weight is 1060 g/mol. The van der Waals surface area contributed by atoms with Crippen LogP contribution in [0.2, 0.25) is 0 Å². The Hall–Kier alpha value is -1.77. The van der Waals surface area contributed by atoms with E-state index in [9.17, 15) is 19.0 Å². The van der Waals surface area contributed by atoms with Crippen LogP contribution in [-0.2, 0) is 32.7 Å². The van der Waals surface area contributed by atoms with E-state index in [0.29, 0.717) is 6.42 Å². The van der Waals surface area contributed by atoms with Crippen molar-refractivity contribution in [1.29, 1.82) is 0 Å². The van der Waals surface area contributed by atoms with Gasteiger partial charge in [-0.2, -0.15) is 0 Å². The summed E-state index contributed by atoms with van der Waals surface area (Å²) in [7, 11) is -4.39. The van der Waals surface area contributed by atoms with E-state index in [2.05, 4.69) is 50.3 Å². The molecule has 9 nitrogen and oxygen atoms in total. The van der Waals surface area contributed by atoms with E-state index < -0.39 is 26.5 Å². The fourth-order valence-electron chi connectivity index (χ4n) is 9.53.